The molecule has 1 aromatic carbocycles. The van der Waals surface area contributed by atoms with Gasteiger partial charge in [-0.15, -0.1) is 0 Å². The van der Waals surface area contributed by atoms with E-state index in [1.165, 1.54) is 0 Å². The van der Waals surface area contributed by atoms with Crippen molar-refractivity contribution in [2.75, 3.05) is 0 Å². The van der Waals surface area contributed by atoms with Gasteiger partial charge in [0, 0.05) is 11.0 Å². The van der Waals surface area contributed by atoms with Gasteiger partial charge < -0.3 is 0 Å². The molecule has 1 aliphatic heterocycles. The van der Waals surface area contributed by atoms with E-state index in [-0.39, 0.29) is 20.7 Å². The van der Waals surface area contributed by atoms with Crippen LogP contribution in [0.3, 0.4) is 0 Å². The Labute approximate surface area is 114 Å². The Hall–Kier alpha value is -1.07. The topological polar surface area (TPSA) is 25.8 Å². The fourth-order valence-corrected chi connectivity index (χ4v) is 3.29. The molecule has 0 atom stereocenters. The molecule has 1 aliphatic rings. The van der Waals surface area contributed by atoms with Crippen molar-refractivity contribution in [3.8, 4) is 0 Å². The first-order chi connectivity index (χ1) is 8.34. The second kappa shape index (κ2) is 4.66. The maximum atomic E-state index is 6.18. The molecule has 0 saturated carbocycles. The van der Waals surface area contributed by atoms with E-state index in [1.54, 1.807) is 0 Å². The van der Waals surface area contributed by atoms with Gasteiger partial charge in [0.15, 0.2) is 5.82 Å². The van der Waals surface area contributed by atoms with Gasteiger partial charge in [-0.3, -0.25) is 0 Å². The maximum Gasteiger partial charge on any atom is 0.161 e. The van der Waals surface area contributed by atoms with Crippen LogP contribution in [0.1, 0.15) is 5.82 Å². The summed E-state index contributed by atoms with van der Waals surface area (Å²) in [5, 5.41) is 1.41. The standard InChI is InChI=1S/C13H8ClIN2/c14-12-10-3-1-2-4-11(10)16-13(17-12)9-5-7-15-8-6-9/h1-8H. The molecule has 0 N–H and O–H groups in total. The van der Waals surface area contributed by atoms with Crippen molar-refractivity contribution in [3.63, 3.8) is 0 Å². The molecule has 0 aliphatic carbocycles. The van der Waals surface area contributed by atoms with E-state index in [0.29, 0.717) is 11.0 Å². The molecule has 0 unspecified atom stereocenters. The third-order valence-corrected chi connectivity index (χ3v) is 4.28. The minimum atomic E-state index is 0.0819. The number of nitrogens with zero attached hydrogens (tertiary/aromatic N) is 2. The summed E-state index contributed by atoms with van der Waals surface area (Å²) in [4.78, 5) is 8.89. The van der Waals surface area contributed by atoms with Crippen molar-refractivity contribution in [3.05, 3.63) is 51.5 Å². The number of rotatable bonds is 1. The molecule has 0 bridgehead atoms. The summed E-state index contributed by atoms with van der Waals surface area (Å²) in [6.07, 6.45) is 4.15. The smallest absolute Gasteiger partial charge is 0.161 e. The van der Waals surface area contributed by atoms with Crippen molar-refractivity contribution < 1.29 is 0 Å². The molecule has 84 valence electrons. The first-order valence-electron chi connectivity index (χ1n) is 5.09. The zero-order valence-corrected chi connectivity index (χ0v) is 11.7. The van der Waals surface area contributed by atoms with E-state index in [4.69, 9.17) is 11.6 Å². The number of fused-ring (bicyclic) bond motifs is 1. The van der Waals surface area contributed by atoms with E-state index < -0.39 is 0 Å². The highest BCUT2D eigenvalue weighted by Gasteiger charge is 2.08. The molecule has 0 amide bonds. The lowest BCUT2D eigenvalue weighted by Gasteiger charge is -2.05. The van der Waals surface area contributed by atoms with Gasteiger partial charge in [-0.1, -0.05) is 44.5 Å². The van der Waals surface area contributed by atoms with E-state index >= 15 is 0 Å². The van der Waals surface area contributed by atoms with Crippen LogP contribution in [0.15, 0.2) is 40.5 Å². The fourth-order valence-electron chi connectivity index (χ4n) is 1.62. The average molecular weight is 355 g/mol. The van der Waals surface area contributed by atoms with Gasteiger partial charge in [0.1, 0.15) is 5.15 Å². The zero-order valence-electron chi connectivity index (χ0n) is 8.77. The summed E-state index contributed by atoms with van der Waals surface area (Å²) in [6, 6.07) is 7.79. The molecular formula is C13H8ClIN2. The quantitative estimate of drug-likeness (QED) is 0.572. The van der Waals surface area contributed by atoms with Crippen LogP contribution >= 0.6 is 32.3 Å². The lowest BCUT2D eigenvalue weighted by atomic mass is 10.2. The molecule has 0 saturated heterocycles. The summed E-state index contributed by atoms with van der Waals surface area (Å²) in [7, 11) is 0. The Balaban J connectivity index is 2.22. The zero-order chi connectivity index (χ0) is 11.7. The van der Waals surface area contributed by atoms with E-state index in [9.17, 15) is 0 Å². The summed E-state index contributed by atoms with van der Waals surface area (Å²) in [5.74, 6) is 0.699. The van der Waals surface area contributed by atoms with Gasteiger partial charge >= 0.3 is 0 Å². The Kier molecular flexibility index (Phi) is 3.03. The monoisotopic (exact) mass is 354 g/mol. The van der Waals surface area contributed by atoms with Crippen LogP contribution in [0, 0.1) is 0 Å². The molecule has 0 spiro atoms. The third kappa shape index (κ3) is 2.17. The molecule has 2 heterocycles. The van der Waals surface area contributed by atoms with E-state index in [2.05, 4.69) is 30.2 Å². The molecule has 4 heteroatoms. The first kappa shape index (κ1) is 11.0. The number of hydrogen-bond donors (Lipinski definition) is 0. The van der Waals surface area contributed by atoms with Gasteiger partial charge in [-0.25, -0.2) is 9.97 Å². The van der Waals surface area contributed by atoms with Gasteiger partial charge in [0.2, 0.25) is 0 Å². The Morgan fingerprint density at radius 2 is 2.00 bits per heavy atom. The number of halogens is 2. The first-order valence-corrected chi connectivity index (χ1v) is 7.96. The largest absolute Gasteiger partial charge is 0.228 e. The average Bonchev–Trinajstić information content (AvgIpc) is 2.40. The van der Waals surface area contributed by atoms with E-state index in [0.717, 1.165) is 16.5 Å². The number of benzene rings is 1. The molecule has 17 heavy (non-hydrogen) atoms. The van der Waals surface area contributed by atoms with Gasteiger partial charge in [-0.05, 0) is 32.4 Å². The summed E-state index contributed by atoms with van der Waals surface area (Å²) in [6.45, 7) is 0. The van der Waals surface area contributed by atoms with Crippen LogP contribution in [0.5, 0.6) is 0 Å². The minimum absolute atomic E-state index is 0.0819. The predicted octanol–water partition coefficient (Wildman–Crippen LogP) is 3.97. The highest BCUT2D eigenvalue weighted by molar-refractivity contribution is 14.2. The number of hydrogen-bond acceptors (Lipinski definition) is 2. The highest BCUT2D eigenvalue weighted by atomic mass is 127. The SMILES string of the molecule is Clc1nc(C2=CC=IC=C2)nc2ccccc12. The van der Waals surface area contributed by atoms with Crippen LogP contribution in [0.25, 0.3) is 16.5 Å². The molecular weight excluding hydrogens is 347 g/mol. The predicted molar refractivity (Wildman–Crippen MR) is 81.7 cm³/mol. The van der Waals surface area contributed by atoms with Crippen molar-refractivity contribution in [1.82, 2.24) is 9.97 Å². The lowest BCUT2D eigenvalue weighted by molar-refractivity contribution is 1.17. The van der Waals surface area contributed by atoms with Gasteiger partial charge in [-0.2, -0.15) is 0 Å². The second-order valence-electron chi connectivity index (χ2n) is 3.52. The maximum absolute atomic E-state index is 6.18. The van der Waals surface area contributed by atoms with Crippen LogP contribution in [0.4, 0.5) is 0 Å². The van der Waals surface area contributed by atoms with Crippen molar-refractivity contribution in [2.45, 2.75) is 0 Å². The number of para-hydroxylation sites is 1. The molecule has 2 aromatic rings. The molecule has 2 nitrogen and oxygen atoms in total. The summed E-state index contributed by atoms with van der Waals surface area (Å²) >= 11 is 6.26. The van der Waals surface area contributed by atoms with Crippen LogP contribution in [0.2, 0.25) is 5.15 Å². The second-order valence-corrected chi connectivity index (χ2v) is 6.04. The number of aromatic nitrogens is 2. The molecule has 0 fully saturated rings. The summed E-state index contributed by atoms with van der Waals surface area (Å²) in [5.41, 5.74) is 1.92. The van der Waals surface area contributed by atoms with Gasteiger partial charge in [0.05, 0.1) is 5.52 Å². The summed E-state index contributed by atoms with van der Waals surface area (Å²) < 4.78 is 4.39. The molecule has 3 rings (SSSR count). The van der Waals surface area contributed by atoms with Crippen molar-refractivity contribution >= 4 is 52.8 Å². The van der Waals surface area contributed by atoms with Crippen molar-refractivity contribution in [2.24, 2.45) is 0 Å². The van der Waals surface area contributed by atoms with Crippen molar-refractivity contribution in [1.29, 1.82) is 0 Å². The Bertz CT molecular complexity index is 674. The van der Waals surface area contributed by atoms with Crippen LogP contribution < -0.4 is 0 Å². The molecule has 0 radical (unpaired) electrons. The van der Waals surface area contributed by atoms with E-state index in [1.807, 2.05) is 24.3 Å². The normalized spacial score (nSPS) is 14.5. The fraction of sp³-hybridized carbons (Fsp3) is 0. The third-order valence-electron chi connectivity index (χ3n) is 2.45. The number of allylic oxidation sites excluding steroid dienone is 3. The Morgan fingerprint density at radius 3 is 2.82 bits per heavy atom. The highest BCUT2D eigenvalue weighted by Crippen LogP contribution is 2.24. The Morgan fingerprint density at radius 1 is 1.12 bits per heavy atom. The lowest BCUT2D eigenvalue weighted by Crippen LogP contribution is -1.95. The van der Waals surface area contributed by atoms with Crippen LogP contribution in [-0.4, -0.2) is 14.0 Å². The molecule has 1 aromatic heterocycles. The van der Waals surface area contributed by atoms with Crippen LogP contribution in [-0.2, 0) is 0 Å². The minimum Gasteiger partial charge on any atom is -0.228 e. The van der Waals surface area contributed by atoms with Gasteiger partial charge in [0.25, 0.3) is 0 Å².